The van der Waals surface area contributed by atoms with E-state index in [2.05, 4.69) is 12.2 Å². The van der Waals surface area contributed by atoms with Gasteiger partial charge in [-0.05, 0) is 6.42 Å². The van der Waals surface area contributed by atoms with Crippen LogP contribution < -0.4 is 5.32 Å². The fourth-order valence-electron chi connectivity index (χ4n) is 1.08. The first-order chi connectivity index (χ1) is 8.81. The number of rotatable bonds is 13. The zero-order valence-corrected chi connectivity index (χ0v) is 11.0. The Morgan fingerprint density at radius 2 is 1.89 bits per heavy atom. The Bertz CT molecular complexity index is 211. The van der Waals surface area contributed by atoms with Gasteiger partial charge in [0, 0.05) is 13.2 Å². The van der Waals surface area contributed by atoms with E-state index in [1.54, 1.807) is 0 Å². The maximum absolute atomic E-state index is 11.2. The minimum Gasteiger partial charge on any atom is -0.377 e. The van der Waals surface area contributed by atoms with Crippen LogP contribution in [0.3, 0.4) is 0 Å². The standard InChI is InChI=1S/C12H23NO5/c1-2-3-6-18-11-12(15)13-4-7-16-9-10-17-8-5-14/h5H,2-4,6-11H2,1H3,(H,13,15). The Morgan fingerprint density at radius 1 is 1.11 bits per heavy atom. The van der Waals surface area contributed by atoms with Crippen molar-refractivity contribution in [3.8, 4) is 0 Å². The maximum Gasteiger partial charge on any atom is 0.246 e. The molecule has 0 aliphatic carbocycles. The van der Waals surface area contributed by atoms with Crippen LogP contribution in [0.25, 0.3) is 0 Å². The normalized spacial score (nSPS) is 10.3. The summed E-state index contributed by atoms with van der Waals surface area (Å²) in [5.41, 5.74) is 0. The van der Waals surface area contributed by atoms with Crippen molar-refractivity contribution in [1.29, 1.82) is 0 Å². The van der Waals surface area contributed by atoms with Crippen LogP contribution in [0.2, 0.25) is 0 Å². The molecule has 0 saturated carbocycles. The van der Waals surface area contributed by atoms with Gasteiger partial charge in [-0.25, -0.2) is 0 Å². The van der Waals surface area contributed by atoms with Gasteiger partial charge < -0.3 is 24.3 Å². The highest BCUT2D eigenvalue weighted by atomic mass is 16.5. The average molecular weight is 261 g/mol. The van der Waals surface area contributed by atoms with Gasteiger partial charge in [0.1, 0.15) is 19.5 Å². The largest absolute Gasteiger partial charge is 0.377 e. The molecule has 0 radical (unpaired) electrons. The van der Waals surface area contributed by atoms with Crippen LogP contribution in [-0.4, -0.2) is 58.4 Å². The third-order valence-corrected chi connectivity index (χ3v) is 2.00. The topological polar surface area (TPSA) is 73.9 Å². The highest BCUT2D eigenvalue weighted by Gasteiger charge is 1.99. The van der Waals surface area contributed by atoms with E-state index in [1.807, 2.05) is 0 Å². The number of ether oxygens (including phenoxy) is 3. The molecule has 0 bridgehead atoms. The van der Waals surface area contributed by atoms with Gasteiger partial charge in [-0.15, -0.1) is 0 Å². The summed E-state index contributed by atoms with van der Waals surface area (Å²) >= 11 is 0. The summed E-state index contributed by atoms with van der Waals surface area (Å²) in [7, 11) is 0. The predicted octanol–water partition coefficient (Wildman–Crippen LogP) is 0.151. The molecule has 0 unspecified atom stereocenters. The third kappa shape index (κ3) is 13.1. The molecule has 6 nitrogen and oxygen atoms in total. The highest BCUT2D eigenvalue weighted by Crippen LogP contribution is 1.87. The molecule has 0 aliphatic rings. The van der Waals surface area contributed by atoms with Gasteiger partial charge in [0.15, 0.2) is 0 Å². The van der Waals surface area contributed by atoms with E-state index in [0.717, 1.165) is 12.8 Å². The second-order valence-corrected chi connectivity index (χ2v) is 3.61. The molecule has 0 aromatic heterocycles. The van der Waals surface area contributed by atoms with E-state index < -0.39 is 0 Å². The predicted molar refractivity (Wildman–Crippen MR) is 66.4 cm³/mol. The molecule has 6 heteroatoms. The van der Waals surface area contributed by atoms with Crippen molar-refractivity contribution in [1.82, 2.24) is 5.32 Å². The lowest BCUT2D eigenvalue weighted by Crippen LogP contribution is -2.31. The van der Waals surface area contributed by atoms with Crippen molar-refractivity contribution < 1.29 is 23.8 Å². The van der Waals surface area contributed by atoms with Crippen molar-refractivity contribution in [3.05, 3.63) is 0 Å². The molecule has 18 heavy (non-hydrogen) atoms. The molecule has 1 amide bonds. The summed E-state index contributed by atoms with van der Waals surface area (Å²) in [6.07, 6.45) is 2.72. The number of unbranched alkanes of at least 4 members (excludes halogenated alkanes) is 1. The lowest BCUT2D eigenvalue weighted by molar-refractivity contribution is -0.126. The van der Waals surface area contributed by atoms with Crippen molar-refractivity contribution in [2.45, 2.75) is 19.8 Å². The van der Waals surface area contributed by atoms with Crippen LogP contribution in [0.15, 0.2) is 0 Å². The minimum absolute atomic E-state index is 0.0925. The van der Waals surface area contributed by atoms with Crippen molar-refractivity contribution in [3.63, 3.8) is 0 Å². The second kappa shape index (κ2) is 14.1. The summed E-state index contributed by atoms with van der Waals surface area (Å²) in [6.45, 7) is 4.55. The number of amides is 1. The third-order valence-electron chi connectivity index (χ3n) is 2.00. The van der Waals surface area contributed by atoms with E-state index in [0.29, 0.717) is 39.3 Å². The van der Waals surface area contributed by atoms with Crippen molar-refractivity contribution >= 4 is 12.2 Å². The Hall–Kier alpha value is -0.980. The SMILES string of the molecule is CCCCOCC(=O)NCCOCCOCC=O. The molecule has 0 saturated heterocycles. The summed E-state index contributed by atoms with van der Waals surface area (Å²) in [5, 5.41) is 2.68. The van der Waals surface area contributed by atoms with Crippen molar-refractivity contribution in [2.75, 3.05) is 46.2 Å². The molecule has 0 aromatic carbocycles. The maximum atomic E-state index is 11.2. The van der Waals surface area contributed by atoms with Gasteiger partial charge in [0.05, 0.1) is 19.8 Å². The molecule has 0 heterocycles. The quantitative estimate of drug-likeness (QED) is 0.377. The lowest BCUT2D eigenvalue weighted by atomic mass is 10.4. The van der Waals surface area contributed by atoms with Crippen LogP contribution in [0.4, 0.5) is 0 Å². The number of hydrogen-bond acceptors (Lipinski definition) is 5. The number of hydrogen-bond donors (Lipinski definition) is 1. The van der Waals surface area contributed by atoms with E-state index in [4.69, 9.17) is 14.2 Å². The minimum atomic E-state index is -0.132. The smallest absolute Gasteiger partial charge is 0.246 e. The van der Waals surface area contributed by atoms with Gasteiger partial charge in [0.2, 0.25) is 5.91 Å². The van der Waals surface area contributed by atoms with Crippen LogP contribution in [0.1, 0.15) is 19.8 Å². The number of aldehydes is 1. The molecule has 1 N–H and O–H groups in total. The van der Waals surface area contributed by atoms with Crippen molar-refractivity contribution in [2.24, 2.45) is 0 Å². The zero-order valence-electron chi connectivity index (χ0n) is 11.0. The van der Waals surface area contributed by atoms with Crippen LogP contribution in [0, 0.1) is 0 Å². The van der Waals surface area contributed by atoms with Crippen LogP contribution in [0.5, 0.6) is 0 Å². The summed E-state index contributed by atoms with van der Waals surface area (Å²) in [4.78, 5) is 21.1. The van der Waals surface area contributed by atoms with Gasteiger partial charge in [-0.1, -0.05) is 13.3 Å². The molecule has 0 aromatic rings. The average Bonchev–Trinajstić information content (AvgIpc) is 2.38. The van der Waals surface area contributed by atoms with E-state index >= 15 is 0 Å². The molecular formula is C12H23NO5. The zero-order chi connectivity index (χ0) is 13.5. The summed E-state index contributed by atoms with van der Waals surface area (Å²) in [5.74, 6) is -0.132. The number of carbonyl (C=O) groups excluding carboxylic acids is 2. The fourth-order valence-corrected chi connectivity index (χ4v) is 1.08. The Labute approximate surface area is 108 Å². The van der Waals surface area contributed by atoms with Gasteiger partial charge in [-0.2, -0.15) is 0 Å². The van der Waals surface area contributed by atoms with Crippen LogP contribution >= 0.6 is 0 Å². The van der Waals surface area contributed by atoms with E-state index in [1.165, 1.54) is 0 Å². The molecule has 0 atom stereocenters. The highest BCUT2D eigenvalue weighted by molar-refractivity contribution is 5.77. The molecule has 0 spiro atoms. The summed E-state index contributed by atoms with van der Waals surface area (Å²) < 4.78 is 15.2. The first-order valence-corrected chi connectivity index (χ1v) is 6.24. The second-order valence-electron chi connectivity index (χ2n) is 3.61. The molecule has 106 valence electrons. The van der Waals surface area contributed by atoms with E-state index in [9.17, 15) is 9.59 Å². The Kier molecular flexibility index (Phi) is 13.3. The lowest BCUT2D eigenvalue weighted by Gasteiger charge is -2.07. The van der Waals surface area contributed by atoms with Crippen LogP contribution in [-0.2, 0) is 23.8 Å². The Morgan fingerprint density at radius 3 is 2.61 bits per heavy atom. The molecule has 0 aliphatic heterocycles. The summed E-state index contributed by atoms with van der Waals surface area (Å²) in [6, 6.07) is 0. The monoisotopic (exact) mass is 261 g/mol. The first kappa shape index (κ1) is 17.0. The molecule has 0 fully saturated rings. The van der Waals surface area contributed by atoms with E-state index in [-0.39, 0.29) is 19.1 Å². The molecular weight excluding hydrogens is 238 g/mol. The van der Waals surface area contributed by atoms with Gasteiger partial charge in [-0.3, -0.25) is 4.79 Å². The van der Waals surface area contributed by atoms with Gasteiger partial charge >= 0.3 is 0 Å². The number of carbonyl (C=O) groups is 2. The number of nitrogens with one attached hydrogen (secondary N) is 1. The fraction of sp³-hybridized carbons (Fsp3) is 0.833. The molecule has 0 rings (SSSR count). The Balaban J connectivity index is 3.12. The van der Waals surface area contributed by atoms with Gasteiger partial charge in [0.25, 0.3) is 0 Å². The first-order valence-electron chi connectivity index (χ1n) is 6.24.